The molecular formula is C13H7ClF4O. The fraction of sp³-hybridized carbons (Fsp3) is 0.0769. The van der Waals surface area contributed by atoms with Crippen LogP contribution in [-0.2, 0) is 0 Å². The maximum absolute atomic E-state index is 13.1. The van der Waals surface area contributed by atoms with Gasteiger partial charge in [0.05, 0.1) is 0 Å². The van der Waals surface area contributed by atoms with Crippen molar-refractivity contribution in [2.75, 3.05) is 0 Å². The van der Waals surface area contributed by atoms with Gasteiger partial charge in [0.15, 0.2) is 17.5 Å². The van der Waals surface area contributed by atoms with E-state index in [-0.39, 0.29) is 16.1 Å². The predicted octanol–water partition coefficient (Wildman–Crippen LogP) is 3.98. The van der Waals surface area contributed by atoms with Crippen LogP contribution in [0.25, 0.3) is 0 Å². The zero-order valence-electron chi connectivity index (χ0n) is 9.30. The monoisotopic (exact) mass is 290 g/mol. The van der Waals surface area contributed by atoms with Crippen molar-refractivity contribution in [3.05, 3.63) is 69.8 Å². The molecule has 0 heterocycles. The Hall–Kier alpha value is -1.59. The van der Waals surface area contributed by atoms with E-state index in [1.165, 1.54) is 6.07 Å². The molecule has 6 heteroatoms. The van der Waals surface area contributed by atoms with Crippen LogP contribution in [0.5, 0.6) is 0 Å². The van der Waals surface area contributed by atoms with Gasteiger partial charge in [0, 0.05) is 10.6 Å². The third-order valence-electron chi connectivity index (χ3n) is 2.57. The number of hydrogen-bond acceptors (Lipinski definition) is 1. The predicted molar refractivity (Wildman–Crippen MR) is 61.8 cm³/mol. The van der Waals surface area contributed by atoms with Crippen LogP contribution in [0.15, 0.2) is 30.3 Å². The second kappa shape index (κ2) is 5.19. The molecule has 0 aliphatic rings. The van der Waals surface area contributed by atoms with Crippen molar-refractivity contribution in [1.82, 2.24) is 0 Å². The molecule has 0 radical (unpaired) electrons. The first-order valence-corrected chi connectivity index (χ1v) is 5.55. The molecule has 2 aromatic rings. The summed E-state index contributed by atoms with van der Waals surface area (Å²) >= 11 is 5.76. The minimum absolute atomic E-state index is 0.0269. The lowest BCUT2D eigenvalue weighted by molar-refractivity contribution is 0.218. The zero-order valence-corrected chi connectivity index (χ0v) is 10.1. The SMILES string of the molecule is OC(c1cc(F)c(F)c(F)c1)c1cc(F)ccc1Cl. The number of halogens is 5. The minimum atomic E-state index is -1.64. The van der Waals surface area contributed by atoms with Crippen LogP contribution in [-0.4, -0.2) is 5.11 Å². The van der Waals surface area contributed by atoms with Gasteiger partial charge in [0.2, 0.25) is 0 Å². The van der Waals surface area contributed by atoms with E-state index in [0.717, 1.165) is 12.1 Å². The minimum Gasteiger partial charge on any atom is -0.384 e. The number of rotatable bonds is 2. The molecule has 0 fully saturated rings. The van der Waals surface area contributed by atoms with Crippen molar-refractivity contribution in [2.24, 2.45) is 0 Å². The first kappa shape index (κ1) is 13.8. The fourth-order valence-corrected chi connectivity index (χ4v) is 1.86. The highest BCUT2D eigenvalue weighted by Gasteiger charge is 2.19. The van der Waals surface area contributed by atoms with Crippen molar-refractivity contribution >= 4 is 11.6 Å². The number of benzene rings is 2. The first-order chi connectivity index (χ1) is 8.90. The Kier molecular flexibility index (Phi) is 3.78. The standard InChI is InChI=1S/C13H7ClF4O/c14-9-2-1-7(15)5-8(9)13(19)6-3-10(16)12(18)11(17)4-6/h1-5,13,19H. The molecular weight excluding hydrogens is 284 g/mol. The van der Waals surface area contributed by atoms with Crippen LogP contribution >= 0.6 is 11.6 Å². The summed E-state index contributed by atoms with van der Waals surface area (Å²) in [6.45, 7) is 0. The molecule has 0 bridgehead atoms. The molecule has 0 aliphatic heterocycles. The second-order valence-corrected chi connectivity index (χ2v) is 4.27. The topological polar surface area (TPSA) is 20.2 Å². The summed E-state index contributed by atoms with van der Waals surface area (Å²) < 4.78 is 52.0. The largest absolute Gasteiger partial charge is 0.384 e. The zero-order chi connectivity index (χ0) is 14.2. The lowest BCUT2D eigenvalue weighted by atomic mass is 10.0. The second-order valence-electron chi connectivity index (χ2n) is 3.87. The molecule has 2 rings (SSSR count). The van der Waals surface area contributed by atoms with Gasteiger partial charge in [-0.3, -0.25) is 0 Å². The van der Waals surface area contributed by atoms with E-state index in [1.807, 2.05) is 0 Å². The first-order valence-electron chi connectivity index (χ1n) is 5.17. The summed E-state index contributed by atoms with van der Waals surface area (Å²) in [6, 6.07) is 4.47. The maximum Gasteiger partial charge on any atom is 0.194 e. The average Bonchev–Trinajstić information content (AvgIpc) is 2.37. The molecule has 1 nitrogen and oxygen atoms in total. The van der Waals surface area contributed by atoms with Crippen molar-refractivity contribution in [2.45, 2.75) is 6.10 Å². The van der Waals surface area contributed by atoms with E-state index in [0.29, 0.717) is 12.1 Å². The third kappa shape index (κ3) is 2.72. The summed E-state index contributed by atoms with van der Waals surface area (Å²) in [5.74, 6) is -5.19. The Morgan fingerprint density at radius 1 is 0.947 bits per heavy atom. The smallest absolute Gasteiger partial charge is 0.194 e. The lowest BCUT2D eigenvalue weighted by Crippen LogP contribution is -2.04. The van der Waals surface area contributed by atoms with Gasteiger partial charge in [0.25, 0.3) is 0 Å². The number of hydrogen-bond donors (Lipinski definition) is 1. The Bertz CT molecular complexity index is 607. The van der Waals surface area contributed by atoms with Gasteiger partial charge in [-0.05, 0) is 35.9 Å². The highest BCUT2D eigenvalue weighted by atomic mass is 35.5. The van der Waals surface area contributed by atoms with E-state index < -0.39 is 29.4 Å². The van der Waals surface area contributed by atoms with Crippen LogP contribution in [0.2, 0.25) is 5.02 Å². The summed E-state index contributed by atoms with van der Waals surface area (Å²) in [7, 11) is 0. The van der Waals surface area contributed by atoms with Crippen LogP contribution < -0.4 is 0 Å². The maximum atomic E-state index is 13.1. The van der Waals surface area contributed by atoms with E-state index in [4.69, 9.17) is 11.6 Å². The van der Waals surface area contributed by atoms with Crippen molar-refractivity contribution in [3.8, 4) is 0 Å². The van der Waals surface area contributed by atoms with Gasteiger partial charge in [-0.1, -0.05) is 11.6 Å². The molecule has 0 aromatic heterocycles. The van der Waals surface area contributed by atoms with Gasteiger partial charge in [-0.15, -0.1) is 0 Å². The molecule has 0 saturated carbocycles. The number of aliphatic hydroxyl groups excluding tert-OH is 1. The van der Waals surface area contributed by atoms with Crippen LogP contribution in [0.3, 0.4) is 0 Å². The Labute approximate surface area is 111 Å². The van der Waals surface area contributed by atoms with Crippen molar-refractivity contribution in [1.29, 1.82) is 0 Å². The third-order valence-corrected chi connectivity index (χ3v) is 2.92. The summed E-state index contributed by atoms with van der Waals surface area (Å²) in [5.41, 5.74) is -0.323. The summed E-state index contributed by atoms with van der Waals surface area (Å²) in [5, 5.41) is 9.96. The highest BCUT2D eigenvalue weighted by Crippen LogP contribution is 2.30. The van der Waals surface area contributed by atoms with Gasteiger partial charge in [-0.2, -0.15) is 0 Å². The molecule has 1 unspecified atom stereocenters. The van der Waals surface area contributed by atoms with E-state index in [1.54, 1.807) is 0 Å². The molecule has 100 valence electrons. The molecule has 1 N–H and O–H groups in total. The molecule has 0 spiro atoms. The normalized spacial score (nSPS) is 12.5. The number of aliphatic hydroxyl groups is 1. The lowest BCUT2D eigenvalue weighted by Gasteiger charge is -2.14. The molecule has 0 aliphatic carbocycles. The Morgan fingerprint density at radius 2 is 1.53 bits per heavy atom. The molecule has 19 heavy (non-hydrogen) atoms. The van der Waals surface area contributed by atoms with Crippen LogP contribution in [0, 0.1) is 23.3 Å². The van der Waals surface area contributed by atoms with Crippen molar-refractivity contribution < 1.29 is 22.7 Å². The van der Waals surface area contributed by atoms with Crippen LogP contribution in [0.4, 0.5) is 17.6 Å². The average molecular weight is 291 g/mol. The quantitative estimate of drug-likeness (QED) is 0.655. The molecule has 1 atom stereocenters. The molecule has 0 saturated heterocycles. The van der Waals surface area contributed by atoms with E-state index in [9.17, 15) is 22.7 Å². The van der Waals surface area contributed by atoms with Crippen LogP contribution in [0.1, 0.15) is 17.2 Å². The van der Waals surface area contributed by atoms with Gasteiger partial charge < -0.3 is 5.11 Å². The van der Waals surface area contributed by atoms with E-state index in [2.05, 4.69) is 0 Å². The summed E-state index contributed by atoms with van der Waals surface area (Å²) in [4.78, 5) is 0. The highest BCUT2D eigenvalue weighted by molar-refractivity contribution is 6.31. The van der Waals surface area contributed by atoms with Gasteiger partial charge in [-0.25, -0.2) is 17.6 Å². The molecule has 0 amide bonds. The van der Waals surface area contributed by atoms with Gasteiger partial charge in [0.1, 0.15) is 11.9 Å². The van der Waals surface area contributed by atoms with Gasteiger partial charge >= 0.3 is 0 Å². The Morgan fingerprint density at radius 3 is 2.11 bits per heavy atom. The summed E-state index contributed by atoms with van der Waals surface area (Å²) in [6.07, 6.45) is -1.56. The van der Waals surface area contributed by atoms with E-state index >= 15 is 0 Å². The fourth-order valence-electron chi connectivity index (χ4n) is 1.64. The Balaban J connectivity index is 2.49. The molecule has 2 aromatic carbocycles. The van der Waals surface area contributed by atoms with Crippen molar-refractivity contribution in [3.63, 3.8) is 0 Å².